The van der Waals surface area contributed by atoms with Crippen molar-refractivity contribution in [3.05, 3.63) is 47.8 Å². The minimum Gasteiger partial charge on any atom is -0.497 e. The zero-order chi connectivity index (χ0) is 13.9. The molecule has 2 aromatic rings. The second-order valence-corrected chi connectivity index (χ2v) is 5.51. The van der Waals surface area contributed by atoms with E-state index in [1.54, 1.807) is 7.11 Å². The topological polar surface area (TPSA) is 49.9 Å². The van der Waals surface area contributed by atoms with Gasteiger partial charge in [0.05, 0.1) is 13.3 Å². The van der Waals surface area contributed by atoms with Crippen molar-refractivity contribution in [3.8, 4) is 5.75 Å². The van der Waals surface area contributed by atoms with Gasteiger partial charge >= 0.3 is 0 Å². The second-order valence-electron chi connectivity index (χ2n) is 5.51. The molecular formula is C16H21N3O. The van der Waals surface area contributed by atoms with E-state index in [2.05, 4.69) is 34.6 Å². The number of aromatic amines is 1. The average molecular weight is 271 g/mol. The molecule has 4 nitrogen and oxygen atoms in total. The Morgan fingerprint density at radius 2 is 2.00 bits per heavy atom. The second kappa shape index (κ2) is 5.67. The van der Waals surface area contributed by atoms with Crippen molar-refractivity contribution in [1.29, 1.82) is 0 Å². The highest BCUT2D eigenvalue weighted by atomic mass is 16.5. The van der Waals surface area contributed by atoms with Crippen molar-refractivity contribution < 1.29 is 4.74 Å². The van der Waals surface area contributed by atoms with E-state index in [0.717, 1.165) is 11.7 Å². The van der Waals surface area contributed by atoms with E-state index in [9.17, 15) is 0 Å². The van der Waals surface area contributed by atoms with E-state index in [4.69, 9.17) is 4.74 Å². The Hall–Kier alpha value is -1.81. The predicted molar refractivity (Wildman–Crippen MR) is 78.6 cm³/mol. The zero-order valence-electron chi connectivity index (χ0n) is 12.0. The van der Waals surface area contributed by atoms with Crippen molar-refractivity contribution in [2.24, 2.45) is 5.92 Å². The number of benzene rings is 1. The van der Waals surface area contributed by atoms with Crippen molar-refractivity contribution in [2.75, 3.05) is 7.11 Å². The quantitative estimate of drug-likeness (QED) is 0.848. The van der Waals surface area contributed by atoms with Gasteiger partial charge in [-0.15, -0.1) is 0 Å². The number of nitrogens with zero attached hydrogens (tertiary/aromatic N) is 1. The third-order valence-corrected chi connectivity index (χ3v) is 4.02. The maximum atomic E-state index is 5.23. The normalized spacial score (nSPS) is 17.7. The first-order valence-electron chi connectivity index (χ1n) is 7.16. The van der Waals surface area contributed by atoms with Gasteiger partial charge in [-0.3, -0.25) is 5.10 Å². The van der Waals surface area contributed by atoms with Crippen LogP contribution < -0.4 is 10.1 Å². The largest absolute Gasteiger partial charge is 0.497 e. The van der Waals surface area contributed by atoms with E-state index in [-0.39, 0.29) is 0 Å². The monoisotopic (exact) mass is 271 g/mol. The zero-order valence-corrected chi connectivity index (χ0v) is 12.0. The van der Waals surface area contributed by atoms with Gasteiger partial charge in [0.25, 0.3) is 0 Å². The van der Waals surface area contributed by atoms with Gasteiger partial charge in [-0.25, -0.2) is 0 Å². The van der Waals surface area contributed by atoms with E-state index in [0.29, 0.717) is 12.1 Å². The first kappa shape index (κ1) is 13.2. The van der Waals surface area contributed by atoms with Crippen LogP contribution in [0.4, 0.5) is 0 Å². The van der Waals surface area contributed by atoms with E-state index >= 15 is 0 Å². The molecular weight excluding hydrogens is 250 g/mol. The summed E-state index contributed by atoms with van der Waals surface area (Å²) >= 11 is 0. The summed E-state index contributed by atoms with van der Waals surface area (Å²) in [6.07, 6.45) is 6.45. The van der Waals surface area contributed by atoms with Crippen LogP contribution in [0.5, 0.6) is 5.75 Å². The Morgan fingerprint density at radius 1 is 1.25 bits per heavy atom. The molecule has 20 heavy (non-hydrogen) atoms. The summed E-state index contributed by atoms with van der Waals surface area (Å²) in [4.78, 5) is 0. The maximum absolute atomic E-state index is 5.23. The average Bonchev–Trinajstić information content (AvgIpc) is 3.17. The Kier molecular flexibility index (Phi) is 3.74. The predicted octanol–water partition coefficient (Wildman–Crippen LogP) is 3.22. The number of hydrogen-bond acceptors (Lipinski definition) is 3. The summed E-state index contributed by atoms with van der Waals surface area (Å²) in [5.74, 6) is 1.66. The van der Waals surface area contributed by atoms with Crippen molar-refractivity contribution >= 4 is 0 Å². The van der Waals surface area contributed by atoms with Gasteiger partial charge in [0.2, 0.25) is 0 Å². The molecule has 1 saturated carbocycles. The lowest BCUT2D eigenvalue weighted by Gasteiger charge is -2.23. The molecule has 3 rings (SSSR count). The van der Waals surface area contributed by atoms with Crippen LogP contribution in [0.15, 0.2) is 36.7 Å². The molecule has 2 N–H and O–H groups in total. The van der Waals surface area contributed by atoms with Crippen LogP contribution in [0.25, 0.3) is 0 Å². The highest BCUT2D eigenvalue weighted by Crippen LogP contribution is 2.42. The summed E-state index contributed by atoms with van der Waals surface area (Å²) in [5, 5.41) is 10.6. The highest BCUT2D eigenvalue weighted by Gasteiger charge is 2.33. The fourth-order valence-electron chi connectivity index (χ4n) is 2.61. The number of rotatable bonds is 6. The summed E-state index contributed by atoms with van der Waals surface area (Å²) in [5.41, 5.74) is 2.54. The highest BCUT2D eigenvalue weighted by molar-refractivity contribution is 5.30. The molecule has 2 atom stereocenters. The third-order valence-electron chi connectivity index (χ3n) is 4.02. The number of nitrogens with one attached hydrogen (secondary N) is 2. The lowest BCUT2D eigenvalue weighted by molar-refractivity contribution is 0.411. The van der Waals surface area contributed by atoms with Crippen LogP contribution in [0.1, 0.15) is 43.0 Å². The fraction of sp³-hybridized carbons (Fsp3) is 0.438. The molecule has 0 aliphatic heterocycles. The molecule has 1 heterocycles. The molecule has 106 valence electrons. The van der Waals surface area contributed by atoms with Gasteiger partial charge in [-0.1, -0.05) is 12.1 Å². The number of H-pyrrole nitrogens is 1. The lowest BCUT2D eigenvalue weighted by Crippen LogP contribution is -2.26. The molecule has 0 radical (unpaired) electrons. The molecule has 0 bridgehead atoms. The summed E-state index contributed by atoms with van der Waals surface area (Å²) < 4.78 is 5.23. The molecule has 0 amide bonds. The van der Waals surface area contributed by atoms with E-state index in [1.807, 2.05) is 24.5 Å². The third kappa shape index (κ3) is 2.85. The van der Waals surface area contributed by atoms with Gasteiger partial charge in [0.15, 0.2) is 0 Å². The summed E-state index contributed by atoms with van der Waals surface area (Å²) in [6, 6.07) is 9.10. The Bertz CT molecular complexity index is 531. The van der Waals surface area contributed by atoms with Crippen LogP contribution in [-0.2, 0) is 0 Å². The number of ether oxygens (including phenoxy) is 1. The minimum absolute atomic E-state index is 0.293. The van der Waals surface area contributed by atoms with Crippen molar-refractivity contribution in [3.63, 3.8) is 0 Å². The maximum Gasteiger partial charge on any atom is 0.118 e. The molecule has 0 spiro atoms. The summed E-state index contributed by atoms with van der Waals surface area (Å²) in [7, 11) is 1.70. The van der Waals surface area contributed by atoms with Gasteiger partial charge in [0.1, 0.15) is 5.75 Å². The molecule has 1 fully saturated rings. The lowest BCUT2D eigenvalue weighted by atomic mass is 10.0. The van der Waals surface area contributed by atoms with E-state index in [1.165, 1.54) is 24.0 Å². The molecule has 2 unspecified atom stereocenters. The van der Waals surface area contributed by atoms with Crippen LogP contribution in [-0.4, -0.2) is 17.3 Å². The van der Waals surface area contributed by atoms with Crippen LogP contribution in [0.3, 0.4) is 0 Å². The molecule has 1 aliphatic carbocycles. The Balaban J connectivity index is 1.75. The van der Waals surface area contributed by atoms with Crippen LogP contribution in [0, 0.1) is 5.92 Å². The van der Waals surface area contributed by atoms with Gasteiger partial charge < -0.3 is 10.1 Å². The number of methoxy groups -OCH3 is 1. The first-order valence-corrected chi connectivity index (χ1v) is 7.16. The smallest absolute Gasteiger partial charge is 0.118 e. The van der Waals surface area contributed by atoms with Crippen molar-refractivity contribution in [2.45, 2.75) is 31.8 Å². The molecule has 4 heteroatoms. The summed E-state index contributed by atoms with van der Waals surface area (Å²) in [6.45, 7) is 2.18. The van der Waals surface area contributed by atoms with Gasteiger partial charge in [0, 0.05) is 23.8 Å². The first-order chi connectivity index (χ1) is 9.78. The standard InChI is InChI=1S/C16H21N3O/c1-11(14-9-17-18-10-14)19-16(12-3-4-12)13-5-7-15(20-2)8-6-13/h5-12,16,19H,3-4H2,1-2H3,(H,17,18). The fourth-order valence-corrected chi connectivity index (χ4v) is 2.61. The van der Waals surface area contributed by atoms with Crippen LogP contribution in [0.2, 0.25) is 0 Å². The molecule has 0 saturated heterocycles. The number of hydrogen-bond donors (Lipinski definition) is 2. The molecule has 1 aromatic carbocycles. The van der Waals surface area contributed by atoms with E-state index < -0.39 is 0 Å². The molecule has 1 aromatic heterocycles. The SMILES string of the molecule is COc1ccc(C(NC(C)c2cn[nH]c2)C2CC2)cc1. The van der Waals surface area contributed by atoms with Crippen LogP contribution >= 0.6 is 0 Å². The Labute approximate surface area is 119 Å². The minimum atomic E-state index is 0.293. The number of aromatic nitrogens is 2. The molecule has 1 aliphatic rings. The van der Waals surface area contributed by atoms with Gasteiger partial charge in [-0.2, -0.15) is 5.10 Å². The van der Waals surface area contributed by atoms with Crippen molar-refractivity contribution in [1.82, 2.24) is 15.5 Å². The van der Waals surface area contributed by atoms with Gasteiger partial charge in [-0.05, 0) is 43.4 Å². The Morgan fingerprint density at radius 3 is 2.55 bits per heavy atom.